The first-order chi connectivity index (χ1) is 14.2. The number of nitriles is 1. The highest BCUT2D eigenvalue weighted by Crippen LogP contribution is 2.33. The van der Waals surface area contributed by atoms with Gasteiger partial charge in [0.2, 0.25) is 5.91 Å². The number of primary amides is 1. The average molecular weight is 426 g/mol. The molecule has 10 heteroatoms. The van der Waals surface area contributed by atoms with Crippen LogP contribution in [0.25, 0.3) is 0 Å². The summed E-state index contributed by atoms with van der Waals surface area (Å²) in [4.78, 5) is 15.5. The van der Waals surface area contributed by atoms with Crippen molar-refractivity contribution in [3.8, 4) is 11.8 Å². The maximum Gasteiger partial charge on any atom is 0.573 e. The van der Waals surface area contributed by atoms with Crippen molar-refractivity contribution in [3.63, 3.8) is 0 Å². The molecule has 3 rings (SSSR count). The van der Waals surface area contributed by atoms with E-state index in [9.17, 15) is 23.1 Å². The van der Waals surface area contributed by atoms with E-state index < -0.39 is 24.5 Å². The molecule has 2 heterocycles. The molecule has 0 aliphatic carbocycles. The number of nitrogens with zero attached hydrogens (tertiary/aromatic N) is 3. The summed E-state index contributed by atoms with van der Waals surface area (Å²) in [6, 6.07) is 7.81. The van der Waals surface area contributed by atoms with Gasteiger partial charge in [0.15, 0.2) is 6.35 Å². The van der Waals surface area contributed by atoms with Crippen LogP contribution < -0.4 is 10.5 Å². The highest BCUT2D eigenvalue weighted by Gasteiger charge is 2.37. The van der Waals surface area contributed by atoms with Gasteiger partial charge in [-0.05, 0) is 42.9 Å². The molecular weight excluding hydrogens is 401 g/mol. The normalized spacial score (nSPS) is 25.4. The number of carbonyl (C=O) groups excluding carboxylic acids is 1. The van der Waals surface area contributed by atoms with Gasteiger partial charge in [0.05, 0.1) is 12.0 Å². The van der Waals surface area contributed by atoms with E-state index in [1.807, 2.05) is 4.90 Å². The summed E-state index contributed by atoms with van der Waals surface area (Å²) in [5.74, 6) is -1.47. The van der Waals surface area contributed by atoms with Gasteiger partial charge < -0.3 is 15.6 Å². The van der Waals surface area contributed by atoms with Gasteiger partial charge in [-0.1, -0.05) is 12.1 Å². The molecule has 3 atom stereocenters. The topological polar surface area (TPSA) is 103 Å². The van der Waals surface area contributed by atoms with Gasteiger partial charge in [-0.15, -0.1) is 13.2 Å². The third-order valence-electron chi connectivity index (χ3n) is 5.83. The molecule has 1 aromatic carbocycles. The zero-order valence-electron chi connectivity index (χ0n) is 16.4. The van der Waals surface area contributed by atoms with E-state index in [1.165, 1.54) is 24.3 Å². The van der Waals surface area contributed by atoms with Crippen LogP contribution in [0, 0.1) is 23.2 Å². The number of rotatable bonds is 5. The standard InChI is InChI=1S/C20H25F3N4O3/c21-20(22,23)30-17-3-1-14(2-4-17)15-9-16(18(25)28)12-27(11-15)19(29)26-7-5-13(10-24)6-8-26/h1-4,13,15-16,19,29H,5-9,11-12H2,(H2,25,28). The number of ether oxygens (including phenoxy) is 1. The van der Waals surface area contributed by atoms with Crippen LogP contribution in [0.4, 0.5) is 13.2 Å². The van der Waals surface area contributed by atoms with Gasteiger partial charge in [0.1, 0.15) is 5.75 Å². The van der Waals surface area contributed by atoms with Gasteiger partial charge in [0, 0.05) is 32.1 Å². The Morgan fingerprint density at radius 3 is 2.37 bits per heavy atom. The fourth-order valence-corrected chi connectivity index (χ4v) is 4.20. The number of alkyl halides is 3. The van der Waals surface area contributed by atoms with E-state index in [1.54, 1.807) is 4.90 Å². The number of halogens is 3. The molecule has 7 nitrogen and oxygen atoms in total. The Labute approximate surface area is 172 Å². The Hall–Kier alpha value is -2.35. The Balaban J connectivity index is 1.71. The zero-order valence-corrected chi connectivity index (χ0v) is 16.4. The van der Waals surface area contributed by atoms with E-state index >= 15 is 0 Å². The Bertz CT molecular complexity index is 773. The number of likely N-dealkylation sites (tertiary alicyclic amines) is 2. The molecule has 1 amide bonds. The summed E-state index contributed by atoms with van der Waals surface area (Å²) in [6.07, 6.45) is -3.88. The molecule has 0 spiro atoms. The van der Waals surface area contributed by atoms with Crippen LogP contribution >= 0.6 is 0 Å². The number of hydrogen-bond donors (Lipinski definition) is 2. The second kappa shape index (κ2) is 9.20. The first-order valence-corrected chi connectivity index (χ1v) is 9.87. The highest BCUT2D eigenvalue weighted by atomic mass is 19.4. The quantitative estimate of drug-likeness (QED) is 0.747. The van der Waals surface area contributed by atoms with Crippen molar-refractivity contribution in [1.82, 2.24) is 9.80 Å². The molecular formula is C20H25F3N4O3. The lowest BCUT2D eigenvalue weighted by Gasteiger charge is -2.44. The van der Waals surface area contributed by atoms with Gasteiger partial charge in [-0.2, -0.15) is 5.26 Å². The highest BCUT2D eigenvalue weighted by molar-refractivity contribution is 5.77. The van der Waals surface area contributed by atoms with Crippen molar-refractivity contribution in [2.75, 3.05) is 26.2 Å². The minimum atomic E-state index is -4.76. The molecule has 30 heavy (non-hydrogen) atoms. The molecule has 3 unspecified atom stereocenters. The monoisotopic (exact) mass is 426 g/mol. The minimum Gasteiger partial charge on any atom is -0.406 e. The number of hydrogen-bond acceptors (Lipinski definition) is 6. The van der Waals surface area contributed by atoms with Gasteiger partial charge in [0.25, 0.3) is 0 Å². The third-order valence-corrected chi connectivity index (χ3v) is 5.83. The number of aliphatic hydroxyl groups is 1. The van der Waals surface area contributed by atoms with Crippen LogP contribution in [-0.4, -0.2) is 59.7 Å². The predicted octanol–water partition coefficient (Wildman–Crippen LogP) is 1.99. The lowest BCUT2D eigenvalue weighted by Crippen LogP contribution is -2.56. The van der Waals surface area contributed by atoms with E-state index in [-0.39, 0.29) is 17.6 Å². The third kappa shape index (κ3) is 5.62. The summed E-state index contributed by atoms with van der Waals surface area (Å²) in [5, 5.41) is 19.9. The van der Waals surface area contributed by atoms with E-state index in [4.69, 9.17) is 11.0 Å². The van der Waals surface area contributed by atoms with Crippen molar-refractivity contribution >= 4 is 5.91 Å². The number of benzene rings is 1. The molecule has 2 fully saturated rings. The molecule has 164 valence electrons. The van der Waals surface area contributed by atoms with Crippen LogP contribution in [0.3, 0.4) is 0 Å². The van der Waals surface area contributed by atoms with Crippen LogP contribution in [0.5, 0.6) is 5.75 Å². The first-order valence-electron chi connectivity index (χ1n) is 9.87. The zero-order chi connectivity index (χ0) is 21.9. The fourth-order valence-electron chi connectivity index (χ4n) is 4.20. The SMILES string of the molecule is N#CC1CCN(C(O)N2CC(C(N)=O)CC(c3ccc(OC(F)(F)F)cc3)C2)CC1. The number of aliphatic hydroxyl groups excluding tert-OH is 1. The molecule has 0 aromatic heterocycles. The maximum atomic E-state index is 12.4. The molecule has 3 N–H and O–H groups in total. The van der Waals surface area contributed by atoms with Crippen molar-refractivity contribution in [2.24, 2.45) is 17.6 Å². The number of carbonyl (C=O) groups is 1. The number of piperidine rings is 2. The molecule has 1 aromatic rings. The molecule has 0 radical (unpaired) electrons. The Kier molecular flexibility index (Phi) is 6.85. The Morgan fingerprint density at radius 2 is 1.83 bits per heavy atom. The van der Waals surface area contributed by atoms with E-state index in [2.05, 4.69) is 10.8 Å². The fraction of sp³-hybridized carbons (Fsp3) is 0.600. The summed E-state index contributed by atoms with van der Waals surface area (Å²) >= 11 is 0. The maximum absolute atomic E-state index is 12.4. The smallest absolute Gasteiger partial charge is 0.406 e. The summed E-state index contributed by atoms with van der Waals surface area (Å²) in [5.41, 5.74) is 6.28. The first kappa shape index (κ1) is 22.3. The second-order valence-electron chi connectivity index (χ2n) is 7.89. The molecule has 2 saturated heterocycles. The summed E-state index contributed by atoms with van der Waals surface area (Å²) in [7, 11) is 0. The minimum absolute atomic E-state index is 0.0154. The van der Waals surface area contributed by atoms with Crippen LogP contribution in [0.2, 0.25) is 0 Å². The molecule has 2 aliphatic rings. The number of nitrogens with two attached hydrogens (primary N) is 1. The van der Waals surface area contributed by atoms with Crippen molar-refractivity contribution < 1.29 is 27.8 Å². The van der Waals surface area contributed by atoms with Crippen LogP contribution in [-0.2, 0) is 4.79 Å². The van der Waals surface area contributed by atoms with Gasteiger partial charge in [-0.25, -0.2) is 0 Å². The lowest BCUT2D eigenvalue weighted by atomic mass is 9.84. The lowest BCUT2D eigenvalue weighted by molar-refractivity contribution is -0.274. The van der Waals surface area contributed by atoms with E-state index in [0.29, 0.717) is 45.4 Å². The number of amides is 1. The Morgan fingerprint density at radius 1 is 1.20 bits per heavy atom. The summed E-state index contributed by atoms with van der Waals surface area (Å²) < 4.78 is 41.0. The van der Waals surface area contributed by atoms with Crippen LogP contribution in [0.15, 0.2) is 24.3 Å². The summed E-state index contributed by atoms with van der Waals surface area (Å²) in [6.45, 7) is 1.89. The molecule has 0 bridgehead atoms. The van der Waals surface area contributed by atoms with Crippen molar-refractivity contribution in [3.05, 3.63) is 29.8 Å². The van der Waals surface area contributed by atoms with Crippen LogP contribution in [0.1, 0.15) is 30.7 Å². The van der Waals surface area contributed by atoms with Crippen molar-refractivity contribution in [2.45, 2.75) is 37.9 Å². The average Bonchev–Trinajstić information content (AvgIpc) is 2.72. The predicted molar refractivity (Wildman–Crippen MR) is 101 cm³/mol. The second-order valence-corrected chi connectivity index (χ2v) is 7.89. The molecule has 0 saturated carbocycles. The van der Waals surface area contributed by atoms with Crippen molar-refractivity contribution in [1.29, 1.82) is 5.26 Å². The van der Waals surface area contributed by atoms with Gasteiger partial charge >= 0.3 is 6.36 Å². The van der Waals surface area contributed by atoms with Gasteiger partial charge in [-0.3, -0.25) is 14.6 Å². The molecule has 2 aliphatic heterocycles. The largest absolute Gasteiger partial charge is 0.573 e. The van der Waals surface area contributed by atoms with E-state index in [0.717, 1.165) is 5.56 Å².